The molecule has 156 valence electrons. The maximum Gasteiger partial charge on any atom is 0.419 e. The van der Waals surface area contributed by atoms with E-state index in [0.29, 0.717) is 25.2 Å². The highest BCUT2D eigenvalue weighted by Crippen LogP contribution is 2.34. The van der Waals surface area contributed by atoms with Crippen molar-refractivity contribution in [2.75, 3.05) is 37.6 Å². The Morgan fingerprint density at radius 1 is 0.966 bits per heavy atom. The Hall–Kier alpha value is -2.35. The highest BCUT2D eigenvalue weighted by molar-refractivity contribution is 5.98. The van der Waals surface area contributed by atoms with Crippen molar-refractivity contribution in [3.63, 3.8) is 0 Å². The number of carbonyl (C=O) groups is 1. The zero-order valence-electron chi connectivity index (χ0n) is 16.0. The minimum absolute atomic E-state index is 0.219. The summed E-state index contributed by atoms with van der Waals surface area (Å²) in [6.07, 6.45) is -0.279. The monoisotopic (exact) mass is 409 g/mol. The number of rotatable bonds is 4. The number of aromatic nitrogens is 1. The quantitative estimate of drug-likeness (QED) is 0.715. The Morgan fingerprint density at radius 2 is 1.72 bits per heavy atom. The Kier molecular flexibility index (Phi) is 5.38. The summed E-state index contributed by atoms with van der Waals surface area (Å²) in [5, 5.41) is 0. The molecule has 0 amide bonds. The zero-order chi connectivity index (χ0) is 20.6. The first-order valence-corrected chi connectivity index (χ1v) is 9.88. The van der Waals surface area contributed by atoms with Gasteiger partial charge in [0.05, 0.1) is 5.56 Å². The Labute approximate surface area is 166 Å². The molecule has 1 fully saturated rings. The number of halogens is 4. The molecule has 4 nitrogen and oxygen atoms in total. The SMILES string of the molecule is O=C1CCCc2c1ccn2CCN1CCN(c2ccc(F)c(C(F)(F)F)c2)CC1. The second kappa shape index (κ2) is 7.82. The Bertz CT molecular complexity index is 898. The van der Waals surface area contributed by atoms with Gasteiger partial charge in [-0.1, -0.05) is 0 Å². The fourth-order valence-corrected chi connectivity index (χ4v) is 4.20. The van der Waals surface area contributed by atoms with E-state index >= 15 is 0 Å². The number of hydrogen-bond acceptors (Lipinski definition) is 3. The van der Waals surface area contributed by atoms with E-state index in [2.05, 4.69) is 9.47 Å². The lowest BCUT2D eigenvalue weighted by molar-refractivity contribution is -0.139. The smallest absolute Gasteiger partial charge is 0.369 e. The number of nitrogens with zero attached hydrogens (tertiary/aromatic N) is 3. The highest BCUT2D eigenvalue weighted by Gasteiger charge is 2.34. The number of Topliss-reactive ketones (excluding diaryl/α,β-unsaturated/α-hetero) is 1. The predicted octanol–water partition coefficient (Wildman–Crippen LogP) is 3.99. The van der Waals surface area contributed by atoms with Crippen LogP contribution in [0.2, 0.25) is 0 Å². The standard InChI is InChI=1S/C21H23F4N3O/c22-18-5-4-15(14-17(18)21(23,24)25)27-11-8-26(9-12-27)10-13-28-7-6-16-19(28)2-1-3-20(16)29/h4-7,14H,1-3,8-13H2. The van der Waals surface area contributed by atoms with Crippen molar-refractivity contribution in [2.24, 2.45) is 0 Å². The molecule has 0 radical (unpaired) electrons. The highest BCUT2D eigenvalue weighted by atomic mass is 19.4. The van der Waals surface area contributed by atoms with Crippen LogP contribution >= 0.6 is 0 Å². The third-order valence-corrected chi connectivity index (χ3v) is 5.85. The molecule has 1 aliphatic heterocycles. The van der Waals surface area contributed by atoms with E-state index in [9.17, 15) is 22.4 Å². The molecular formula is C21H23F4N3O. The number of fused-ring (bicyclic) bond motifs is 1. The van der Waals surface area contributed by atoms with E-state index < -0.39 is 17.6 Å². The largest absolute Gasteiger partial charge is 0.419 e. The summed E-state index contributed by atoms with van der Waals surface area (Å²) >= 11 is 0. The Balaban J connectivity index is 1.34. The normalized spacial score (nSPS) is 18.2. The van der Waals surface area contributed by atoms with E-state index in [-0.39, 0.29) is 5.78 Å². The maximum atomic E-state index is 13.5. The second-order valence-electron chi connectivity index (χ2n) is 7.64. The lowest BCUT2D eigenvalue weighted by Crippen LogP contribution is -2.47. The van der Waals surface area contributed by atoms with Gasteiger partial charge >= 0.3 is 6.18 Å². The molecule has 0 saturated carbocycles. The van der Waals surface area contributed by atoms with Gasteiger partial charge in [0.15, 0.2) is 5.78 Å². The molecule has 1 aromatic carbocycles. The summed E-state index contributed by atoms with van der Waals surface area (Å²) in [6.45, 7) is 4.23. The van der Waals surface area contributed by atoms with Crippen molar-refractivity contribution in [3.05, 3.63) is 53.1 Å². The lowest BCUT2D eigenvalue weighted by Gasteiger charge is -2.36. The maximum absolute atomic E-state index is 13.5. The van der Waals surface area contributed by atoms with Crippen LogP contribution in [0.15, 0.2) is 30.5 Å². The van der Waals surface area contributed by atoms with Gasteiger partial charge in [0.1, 0.15) is 5.82 Å². The fraction of sp³-hybridized carbons (Fsp3) is 0.476. The molecule has 8 heteroatoms. The molecule has 29 heavy (non-hydrogen) atoms. The molecule has 2 aliphatic rings. The first-order chi connectivity index (χ1) is 13.8. The lowest BCUT2D eigenvalue weighted by atomic mass is 9.97. The van der Waals surface area contributed by atoms with Gasteiger partial charge in [-0.05, 0) is 37.1 Å². The van der Waals surface area contributed by atoms with Gasteiger partial charge in [-0.2, -0.15) is 13.2 Å². The van der Waals surface area contributed by atoms with Crippen LogP contribution in [0.5, 0.6) is 0 Å². The summed E-state index contributed by atoms with van der Waals surface area (Å²) in [4.78, 5) is 16.1. The first kappa shape index (κ1) is 19.9. The van der Waals surface area contributed by atoms with Crippen molar-refractivity contribution in [1.82, 2.24) is 9.47 Å². The summed E-state index contributed by atoms with van der Waals surface area (Å²) in [5.41, 5.74) is 1.14. The number of hydrogen-bond donors (Lipinski definition) is 0. The van der Waals surface area contributed by atoms with E-state index in [4.69, 9.17) is 0 Å². The molecule has 0 unspecified atom stereocenters. The van der Waals surface area contributed by atoms with Crippen LogP contribution in [-0.4, -0.2) is 48.0 Å². The van der Waals surface area contributed by atoms with Gasteiger partial charge in [-0.15, -0.1) is 0 Å². The van der Waals surface area contributed by atoms with Crippen LogP contribution in [-0.2, 0) is 19.1 Å². The van der Waals surface area contributed by atoms with Crippen LogP contribution in [0.25, 0.3) is 0 Å². The third kappa shape index (κ3) is 4.17. The molecule has 0 spiro atoms. The number of alkyl halides is 3. The van der Waals surface area contributed by atoms with E-state index in [0.717, 1.165) is 62.4 Å². The van der Waals surface area contributed by atoms with Gasteiger partial charge in [0, 0.05) is 68.8 Å². The molecule has 0 atom stereocenters. The van der Waals surface area contributed by atoms with Crippen molar-refractivity contribution >= 4 is 11.5 Å². The predicted molar refractivity (Wildman–Crippen MR) is 102 cm³/mol. The van der Waals surface area contributed by atoms with Crippen LogP contribution in [0.1, 0.15) is 34.5 Å². The van der Waals surface area contributed by atoms with E-state index in [1.165, 1.54) is 6.07 Å². The van der Waals surface area contributed by atoms with Gasteiger partial charge in [-0.3, -0.25) is 9.69 Å². The summed E-state index contributed by atoms with van der Waals surface area (Å²) in [5.74, 6) is -1.02. The molecular weight excluding hydrogens is 386 g/mol. The van der Waals surface area contributed by atoms with E-state index in [1.807, 2.05) is 17.2 Å². The number of ketones is 1. The number of carbonyl (C=O) groups excluding carboxylic acids is 1. The van der Waals surface area contributed by atoms with Gasteiger partial charge in [0.25, 0.3) is 0 Å². The topological polar surface area (TPSA) is 28.5 Å². The zero-order valence-corrected chi connectivity index (χ0v) is 16.0. The average Bonchev–Trinajstić information content (AvgIpc) is 3.11. The fourth-order valence-electron chi connectivity index (χ4n) is 4.20. The van der Waals surface area contributed by atoms with Crippen LogP contribution in [0.3, 0.4) is 0 Å². The molecule has 2 aromatic rings. The van der Waals surface area contributed by atoms with Crippen molar-refractivity contribution in [3.8, 4) is 0 Å². The van der Waals surface area contributed by atoms with Crippen LogP contribution < -0.4 is 4.90 Å². The molecule has 1 saturated heterocycles. The first-order valence-electron chi connectivity index (χ1n) is 9.88. The summed E-state index contributed by atoms with van der Waals surface area (Å²) in [7, 11) is 0. The summed E-state index contributed by atoms with van der Waals surface area (Å²) < 4.78 is 54.5. The van der Waals surface area contributed by atoms with Crippen molar-refractivity contribution < 1.29 is 22.4 Å². The third-order valence-electron chi connectivity index (χ3n) is 5.85. The molecule has 2 heterocycles. The number of benzene rings is 1. The van der Waals surface area contributed by atoms with Gasteiger partial charge < -0.3 is 9.47 Å². The average molecular weight is 409 g/mol. The van der Waals surface area contributed by atoms with Crippen LogP contribution in [0, 0.1) is 5.82 Å². The van der Waals surface area contributed by atoms with E-state index in [1.54, 1.807) is 0 Å². The number of piperazine rings is 1. The van der Waals surface area contributed by atoms with Crippen molar-refractivity contribution in [2.45, 2.75) is 32.0 Å². The molecule has 1 aliphatic carbocycles. The van der Waals surface area contributed by atoms with Gasteiger partial charge in [-0.25, -0.2) is 4.39 Å². The molecule has 4 rings (SSSR count). The Morgan fingerprint density at radius 3 is 2.45 bits per heavy atom. The number of anilines is 1. The molecule has 0 bridgehead atoms. The second-order valence-corrected chi connectivity index (χ2v) is 7.64. The van der Waals surface area contributed by atoms with Crippen LogP contribution in [0.4, 0.5) is 23.2 Å². The van der Waals surface area contributed by atoms with Crippen molar-refractivity contribution in [1.29, 1.82) is 0 Å². The summed E-state index contributed by atoms with van der Waals surface area (Å²) in [6, 6.07) is 5.10. The molecule has 0 N–H and O–H groups in total. The van der Waals surface area contributed by atoms with Gasteiger partial charge in [0.2, 0.25) is 0 Å². The molecule has 1 aromatic heterocycles. The minimum Gasteiger partial charge on any atom is -0.369 e. The minimum atomic E-state index is -4.70.